The van der Waals surface area contributed by atoms with Gasteiger partial charge in [0.1, 0.15) is 5.82 Å². The van der Waals surface area contributed by atoms with Crippen LogP contribution in [-0.4, -0.2) is 24.6 Å². The molecule has 0 aromatic heterocycles. The van der Waals surface area contributed by atoms with Crippen LogP contribution in [0.15, 0.2) is 29.3 Å². The molecule has 0 atom stereocenters. The predicted molar refractivity (Wildman–Crippen MR) is 86.2 cm³/mol. The van der Waals surface area contributed by atoms with Crippen molar-refractivity contribution in [1.82, 2.24) is 10.6 Å². The van der Waals surface area contributed by atoms with E-state index in [2.05, 4.69) is 38.3 Å². The van der Waals surface area contributed by atoms with Crippen LogP contribution >= 0.6 is 0 Å². The van der Waals surface area contributed by atoms with Crippen molar-refractivity contribution in [3.8, 4) is 0 Å². The molecule has 0 aliphatic heterocycles. The van der Waals surface area contributed by atoms with Crippen molar-refractivity contribution in [1.29, 1.82) is 0 Å². The Balaban J connectivity index is 2.10. The van der Waals surface area contributed by atoms with Gasteiger partial charge in [0.05, 0.1) is 6.54 Å². The summed E-state index contributed by atoms with van der Waals surface area (Å²) in [7, 11) is 0. The third kappa shape index (κ3) is 4.45. The molecule has 2 N–H and O–H groups in total. The lowest BCUT2D eigenvalue weighted by Crippen LogP contribution is -2.47. The summed E-state index contributed by atoms with van der Waals surface area (Å²) >= 11 is 0. The van der Waals surface area contributed by atoms with E-state index in [1.807, 2.05) is 6.07 Å². The van der Waals surface area contributed by atoms with Crippen LogP contribution in [0.4, 0.5) is 4.39 Å². The van der Waals surface area contributed by atoms with Gasteiger partial charge in [0.25, 0.3) is 0 Å². The number of hydrogen-bond donors (Lipinski definition) is 2. The molecule has 1 aliphatic rings. The van der Waals surface area contributed by atoms with Crippen LogP contribution < -0.4 is 10.6 Å². The average Bonchev–Trinajstić information content (AvgIpc) is 3.16. The highest BCUT2D eigenvalue weighted by Crippen LogP contribution is 2.48. The zero-order chi connectivity index (χ0) is 15.5. The van der Waals surface area contributed by atoms with Crippen molar-refractivity contribution in [2.75, 3.05) is 13.1 Å². The number of hydrogen-bond acceptors (Lipinski definition) is 1. The fourth-order valence-corrected chi connectivity index (χ4v) is 2.40. The zero-order valence-electron chi connectivity index (χ0n) is 13.5. The van der Waals surface area contributed by atoms with Crippen LogP contribution in [0.3, 0.4) is 0 Å². The first-order valence-corrected chi connectivity index (χ1v) is 7.67. The average molecular weight is 291 g/mol. The summed E-state index contributed by atoms with van der Waals surface area (Å²) < 4.78 is 13.4. The lowest BCUT2D eigenvalue weighted by molar-refractivity contribution is 0.500. The monoisotopic (exact) mass is 291 g/mol. The molecule has 3 nitrogen and oxygen atoms in total. The number of benzene rings is 1. The molecule has 0 amide bonds. The van der Waals surface area contributed by atoms with Gasteiger partial charge in [0, 0.05) is 17.5 Å². The van der Waals surface area contributed by atoms with Crippen LogP contribution in [0, 0.1) is 5.82 Å². The Morgan fingerprint density at radius 2 is 2.05 bits per heavy atom. The summed E-state index contributed by atoms with van der Waals surface area (Å²) in [5.74, 6) is 0.662. The third-order valence-electron chi connectivity index (χ3n) is 3.67. The van der Waals surface area contributed by atoms with Crippen molar-refractivity contribution < 1.29 is 4.39 Å². The van der Waals surface area contributed by atoms with Crippen molar-refractivity contribution in [2.45, 2.75) is 51.5 Å². The third-order valence-corrected chi connectivity index (χ3v) is 3.67. The van der Waals surface area contributed by atoms with Gasteiger partial charge in [-0.05, 0) is 58.2 Å². The van der Waals surface area contributed by atoms with Gasteiger partial charge < -0.3 is 10.6 Å². The summed E-state index contributed by atoms with van der Waals surface area (Å²) in [6.45, 7) is 9.91. The van der Waals surface area contributed by atoms with Crippen molar-refractivity contribution in [3.05, 3.63) is 35.6 Å². The highest BCUT2D eigenvalue weighted by Gasteiger charge is 2.44. The fourth-order valence-electron chi connectivity index (χ4n) is 2.40. The lowest BCUT2D eigenvalue weighted by Gasteiger charge is -2.24. The smallest absolute Gasteiger partial charge is 0.191 e. The minimum Gasteiger partial charge on any atom is -0.357 e. The first kappa shape index (κ1) is 15.8. The Labute approximate surface area is 127 Å². The first-order chi connectivity index (χ1) is 9.85. The van der Waals surface area contributed by atoms with E-state index >= 15 is 0 Å². The van der Waals surface area contributed by atoms with E-state index in [0.717, 1.165) is 30.9 Å². The molecule has 0 radical (unpaired) electrons. The maximum atomic E-state index is 13.4. The Bertz CT molecular complexity index is 513. The minimum atomic E-state index is -0.164. The summed E-state index contributed by atoms with van der Waals surface area (Å²) in [6, 6.07) is 6.93. The Morgan fingerprint density at radius 3 is 2.57 bits per heavy atom. The fraction of sp³-hybridized carbons (Fsp3) is 0.588. The van der Waals surface area contributed by atoms with Crippen LogP contribution in [-0.2, 0) is 5.41 Å². The van der Waals surface area contributed by atoms with E-state index < -0.39 is 0 Å². The second kappa shape index (κ2) is 6.04. The van der Waals surface area contributed by atoms with Gasteiger partial charge in [-0.3, -0.25) is 4.99 Å². The summed E-state index contributed by atoms with van der Waals surface area (Å²) in [4.78, 5) is 4.71. The standard InChI is InChI=1S/C17H26FN3/c1-5-19-15(21-16(2,3)4)20-12-17(9-10-17)13-7-6-8-14(18)11-13/h6-8,11H,5,9-10,12H2,1-4H3,(H2,19,20,21). The SMILES string of the molecule is CCNC(=NCC1(c2cccc(F)c2)CC1)NC(C)(C)C. The molecule has 1 aromatic carbocycles. The lowest BCUT2D eigenvalue weighted by atomic mass is 9.96. The molecular weight excluding hydrogens is 265 g/mol. The minimum absolute atomic E-state index is 0.0301. The van der Waals surface area contributed by atoms with E-state index in [-0.39, 0.29) is 16.8 Å². The Kier molecular flexibility index (Phi) is 4.55. The van der Waals surface area contributed by atoms with E-state index in [4.69, 9.17) is 4.99 Å². The number of rotatable bonds is 4. The number of nitrogens with one attached hydrogen (secondary N) is 2. The number of nitrogens with zero attached hydrogens (tertiary/aromatic N) is 1. The van der Waals surface area contributed by atoms with Crippen molar-refractivity contribution in [3.63, 3.8) is 0 Å². The molecule has 1 aliphatic carbocycles. The first-order valence-electron chi connectivity index (χ1n) is 7.67. The largest absolute Gasteiger partial charge is 0.357 e. The second-order valence-corrected chi connectivity index (χ2v) is 6.86. The van der Waals surface area contributed by atoms with Crippen LogP contribution in [0.5, 0.6) is 0 Å². The molecular formula is C17H26FN3. The molecule has 4 heteroatoms. The normalized spacial score (nSPS) is 17.5. The second-order valence-electron chi connectivity index (χ2n) is 6.86. The van der Waals surface area contributed by atoms with Crippen molar-refractivity contribution in [2.24, 2.45) is 4.99 Å². The molecule has 1 aromatic rings. The summed E-state index contributed by atoms with van der Waals surface area (Å²) in [5, 5.41) is 6.65. The molecule has 116 valence electrons. The number of halogens is 1. The molecule has 0 saturated heterocycles. The van der Waals surface area contributed by atoms with Gasteiger partial charge in [0.2, 0.25) is 0 Å². The molecule has 1 fully saturated rings. The van der Waals surface area contributed by atoms with Gasteiger partial charge in [-0.1, -0.05) is 12.1 Å². The Hall–Kier alpha value is -1.58. The van der Waals surface area contributed by atoms with E-state index in [9.17, 15) is 4.39 Å². The van der Waals surface area contributed by atoms with Gasteiger partial charge >= 0.3 is 0 Å². The van der Waals surface area contributed by atoms with E-state index in [0.29, 0.717) is 6.54 Å². The maximum Gasteiger partial charge on any atom is 0.191 e. The number of aliphatic imine (C=N–C) groups is 1. The highest BCUT2D eigenvalue weighted by atomic mass is 19.1. The molecule has 0 unspecified atom stereocenters. The molecule has 2 rings (SSSR count). The van der Waals surface area contributed by atoms with Crippen LogP contribution in [0.25, 0.3) is 0 Å². The molecule has 21 heavy (non-hydrogen) atoms. The predicted octanol–water partition coefficient (Wildman–Crippen LogP) is 3.21. The molecule has 0 heterocycles. The molecule has 0 spiro atoms. The van der Waals surface area contributed by atoms with Crippen molar-refractivity contribution >= 4 is 5.96 Å². The quantitative estimate of drug-likeness (QED) is 0.660. The highest BCUT2D eigenvalue weighted by molar-refractivity contribution is 5.80. The van der Waals surface area contributed by atoms with Crippen LogP contribution in [0.1, 0.15) is 46.1 Å². The maximum absolute atomic E-state index is 13.4. The van der Waals surface area contributed by atoms with E-state index in [1.54, 1.807) is 12.1 Å². The summed E-state index contributed by atoms with van der Waals surface area (Å²) in [6.07, 6.45) is 2.16. The van der Waals surface area contributed by atoms with Gasteiger partial charge in [-0.2, -0.15) is 0 Å². The van der Waals surface area contributed by atoms with Gasteiger partial charge in [0.15, 0.2) is 5.96 Å². The molecule has 1 saturated carbocycles. The number of guanidine groups is 1. The Morgan fingerprint density at radius 1 is 1.33 bits per heavy atom. The topological polar surface area (TPSA) is 36.4 Å². The zero-order valence-corrected chi connectivity index (χ0v) is 13.5. The van der Waals surface area contributed by atoms with Crippen LogP contribution in [0.2, 0.25) is 0 Å². The van der Waals surface area contributed by atoms with Gasteiger partial charge in [-0.25, -0.2) is 4.39 Å². The molecule has 0 bridgehead atoms. The van der Waals surface area contributed by atoms with E-state index in [1.165, 1.54) is 6.07 Å². The summed E-state index contributed by atoms with van der Waals surface area (Å²) in [5.41, 5.74) is 1.07. The van der Waals surface area contributed by atoms with Gasteiger partial charge in [-0.15, -0.1) is 0 Å².